The third-order valence-corrected chi connectivity index (χ3v) is 3.65. The molecule has 8 heteroatoms. The monoisotopic (exact) mass is 323 g/mol. The fourth-order valence-corrected chi connectivity index (χ4v) is 2.40. The van der Waals surface area contributed by atoms with Crippen molar-refractivity contribution in [3.05, 3.63) is 57.4 Å². The first-order valence-corrected chi connectivity index (χ1v) is 7.37. The van der Waals surface area contributed by atoms with Gasteiger partial charge in [-0.05, 0) is 24.5 Å². The Morgan fingerprint density at radius 2 is 2.14 bits per heavy atom. The molecule has 0 fully saturated rings. The van der Waals surface area contributed by atoms with E-state index in [4.69, 9.17) is 11.6 Å². The molecule has 0 saturated carbocycles. The molecule has 0 aliphatic carbocycles. The summed E-state index contributed by atoms with van der Waals surface area (Å²) in [6, 6.07) is 8.35. The zero-order chi connectivity index (χ0) is 15.4. The van der Waals surface area contributed by atoms with Gasteiger partial charge in [0.25, 0.3) is 11.6 Å². The van der Waals surface area contributed by atoms with E-state index in [1.54, 1.807) is 12.1 Å². The Balaban J connectivity index is 2.37. The second-order valence-electron chi connectivity index (χ2n) is 3.94. The van der Waals surface area contributed by atoms with Crippen LogP contribution in [0.3, 0.4) is 0 Å². The second-order valence-corrected chi connectivity index (χ2v) is 5.17. The molecule has 1 aromatic heterocycles. The Kier molecular flexibility index (Phi) is 4.77. The van der Waals surface area contributed by atoms with Gasteiger partial charge in [-0.1, -0.05) is 23.7 Å². The number of carbonyl (C=O) groups excluding carboxylic acids is 1. The minimum atomic E-state index is -0.668. The average molecular weight is 324 g/mol. The van der Waals surface area contributed by atoms with Crippen molar-refractivity contribution in [2.24, 2.45) is 0 Å². The van der Waals surface area contributed by atoms with Crippen LogP contribution >= 0.6 is 23.4 Å². The highest BCUT2D eigenvalue weighted by molar-refractivity contribution is 7.98. The van der Waals surface area contributed by atoms with Crippen LogP contribution in [0.1, 0.15) is 10.4 Å². The lowest BCUT2D eigenvalue weighted by Crippen LogP contribution is -2.14. The SMILES string of the molecule is CSc1ccccc1NC(=O)c1cc(Cl)ncc1[N+](=O)[O-]. The van der Waals surface area contributed by atoms with Gasteiger partial charge in [0, 0.05) is 4.90 Å². The molecule has 0 bridgehead atoms. The number of nitrogens with one attached hydrogen (secondary N) is 1. The van der Waals surface area contributed by atoms with E-state index in [-0.39, 0.29) is 10.7 Å². The van der Waals surface area contributed by atoms with Gasteiger partial charge >= 0.3 is 0 Å². The van der Waals surface area contributed by atoms with Gasteiger partial charge in [-0.2, -0.15) is 0 Å². The van der Waals surface area contributed by atoms with Crippen LogP contribution in [-0.4, -0.2) is 22.1 Å². The molecular formula is C13H10ClN3O3S. The van der Waals surface area contributed by atoms with Crippen LogP contribution in [0.5, 0.6) is 0 Å². The molecular weight excluding hydrogens is 314 g/mol. The quantitative estimate of drug-likeness (QED) is 0.402. The van der Waals surface area contributed by atoms with Crippen molar-refractivity contribution in [3.63, 3.8) is 0 Å². The number of thioether (sulfide) groups is 1. The molecule has 2 rings (SSSR count). The van der Waals surface area contributed by atoms with Gasteiger partial charge in [0.2, 0.25) is 0 Å². The molecule has 1 aromatic carbocycles. The van der Waals surface area contributed by atoms with E-state index in [0.29, 0.717) is 5.69 Å². The number of carbonyl (C=O) groups is 1. The predicted octanol–water partition coefficient (Wildman–Crippen LogP) is 3.62. The van der Waals surface area contributed by atoms with Crippen molar-refractivity contribution in [1.29, 1.82) is 0 Å². The van der Waals surface area contributed by atoms with E-state index < -0.39 is 16.5 Å². The summed E-state index contributed by atoms with van der Waals surface area (Å²) in [6.45, 7) is 0. The number of nitro groups is 1. The Hall–Kier alpha value is -2.12. The van der Waals surface area contributed by atoms with E-state index in [1.165, 1.54) is 17.8 Å². The van der Waals surface area contributed by atoms with E-state index in [9.17, 15) is 14.9 Å². The number of hydrogen-bond acceptors (Lipinski definition) is 5. The minimum absolute atomic E-state index is 0.0175. The van der Waals surface area contributed by atoms with Gasteiger partial charge in [-0.25, -0.2) is 4.98 Å². The number of para-hydroxylation sites is 1. The third-order valence-electron chi connectivity index (χ3n) is 2.65. The number of aromatic nitrogens is 1. The van der Waals surface area contributed by atoms with Crippen LogP contribution in [0.4, 0.5) is 11.4 Å². The lowest BCUT2D eigenvalue weighted by Gasteiger charge is -2.09. The van der Waals surface area contributed by atoms with Crippen molar-refractivity contribution in [3.8, 4) is 0 Å². The van der Waals surface area contributed by atoms with E-state index >= 15 is 0 Å². The van der Waals surface area contributed by atoms with Gasteiger partial charge in [-0.3, -0.25) is 14.9 Å². The maximum Gasteiger partial charge on any atom is 0.300 e. The minimum Gasteiger partial charge on any atom is -0.321 e. The summed E-state index contributed by atoms with van der Waals surface area (Å²) in [5, 5.41) is 13.6. The van der Waals surface area contributed by atoms with Crippen LogP contribution in [0.25, 0.3) is 0 Å². The van der Waals surface area contributed by atoms with E-state index in [2.05, 4.69) is 10.3 Å². The van der Waals surface area contributed by atoms with E-state index in [0.717, 1.165) is 11.1 Å². The second kappa shape index (κ2) is 6.55. The van der Waals surface area contributed by atoms with Crippen molar-refractivity contribution >= 4 is 40.6 Å². The standard InChI is InChI=1S/C13H10ClN3O3S/c1-21-11-5-3-2-4-9(11)16-13(18)8-6-12(14)15-7-10(8)17(19)20/h2-7H,1H3,(H,16,18). The molecule has 21 heavy (non-hydrogen) atoms. The lowest BCUT2D eigenvalue weighted by molar-refractivity contribution is -0.385. The maximum atomic E-state index is 12.2. The van der Waals surface area contributed by atoms with Crippen LogP contribution in [0.15, 0.2) is 41.4 Å². The maximum absolute atomic E-state index is 12.2. The number of rotatable bonds is 4. The van der Waals surface area contributed by atoms with Crippen molar-refractivity contribution in [1.82, 2.24) is 4.98 Å². The van der Waals surface area contributed by atoms with Gasteiger partial charge < -0.3 is 5.32 Å². The summed E-state index contributed by atoms with van der Waals surface area (Å²) >= 11 is 7.17. The van der Waals surface area contributed by atoms with Crippen molar-refractivity contribution < 1.29 is 9.72 Å². The zero-order valence-corrected chi connectivity index (χ0v) is 12.4. The molecule has 0 unspecified atom stereocenters. The number of benzene rings is 1. The number of nitrogens with zero attached hydrogens (tertiary/aromatic N) is 2. The van der Waals surface area contributed by atoms with Crippen LogP contribution in [0, 0.1) is 10.1 Å². The molecule has 1 amide bonds. The van der Waals surface area contributed by atoms with Crippen molar-refractivity contribution in [2.75, 3.05) is 11.6 Å². The van der Waals surface area contributed by atoms with Crippen LogP contribution < -0.4 is 5.32 Å². The van der Waals surface area contributed by atoms with Gasteiger partial charge in [0.05, 0.1) is 10.6 Å². The molecule has 0 aliphatic heterocycles. The highest BCUT2D eigenvalue weighted by Gasteiger charge is 2.22. The zero-order valence-electron chi connectivity index (χ0n) is 10.9. The molecule has 108 valence electrons. The number of pyridine rings is 1. The molecule has 2 aromatic rings. The summed E-state index contributed by atoms with van der Waals surface area (Å²) in [5.74, 6) is -0.604. The van der Waals surface area contributed by atoms with Gasteiger partial charge in [-0.15, -0.1) is 11.8 Å². The fraction of sp³-hybridized carbons (Fsp3) is 0.0769. The number of amides is 1. The van der Waals surface area contributed by atoms with Crippen molar-refractivity contribution in [2.45, 2.75) is 4.90 Å². The molecule has 1 N–H and O–H groups in total. The number of anilines is 1. The Labute approximate surface area is 129 Å². The summed E-state index contributed by atoms with van der Waals surface area (Å²) in [4.78, 5) is 27.0. The van der Waals surface area contributed by atoms with Crippen LogP contribution in [0.2, 0.25) is 5.15 Å². The largest absolute Gasteiger partial charge is 0.321 e. The summed E-state index contributed by atoms with van der Waals surface area (Å²) in [5.41, 5.74) is 0.0617. The summed E-state index contributed by atoms with van der Waals surface area (Å²) in [7, 11) is 0. The molecule has 6 nitrogen and oxygen atoms in total. The third kappa shape index (κ3) is 3.50. The highest BCUT2D eigenvalue weighted by atomic mass is 35.5. The smallest absolute Gasteiger partial charge is 0.300 e. The molecule has 0 aliphatic rings. The highest BCUT2D eigenvalue weighted by Crippen LogP contribution is 2.27. The fourth-order valence-electron chi connectivity index (χ4n) is 1.69. The first-order chi connectivity index (χ1) is 10.0. The topological polar surface area (TPSA) is 85.1 Å². The van der Waals surface area contributed by atoms with Gasteiger partial charge in [0.1, 0.15) is 16.9 Å². The predicted molar refractivity (Wildman–Crippen MR) is 82.1 cm³/mol. The summed E-state index contributed by atoms with van der Waals surface area (Å²) < 4.78 is 0. The van der Waals surface area contributed by atoms with Crippen LogP contribution in [-0.2, 0) is 0 Å². The van der Waals surface area contributed by atoms with E-state index in [1.807, 2.05) is 18.4 Å². The lowest BCUT2D eigenvalue weighted by atomic mass is 10.2. The molecule has 1 heterocycles. The Morgan fingerprint density at radius 3 is 2.81 bits per heavy atom. The molecule has 0 saturated heterocycles. The first kappa shape index (κ1) is 15.3. The Morgan fingerprint density at radius 1 is 1.43 bits per heavy atom. The summed E-state index contributed by atoms with van der Waals surface area (Å²) in [6.07, 6.45) is 2.84. The Bertz CT molecular complexity index is 709. The number of hydrogen-bond donors (Lipinski definition) is 1. The number of halogens is 1. The van der Waals surface area contributed by atoms with Gasteiger partial charge in [0.15, 0.2) is 0 Å². The molecule has 0 atom stereocenters. The molecule has 0 radical (unpaired) electrons. The average Bonchev–Trinajstić information content (AvgIpc) is 2.47. The first-order valence-electron chi connectivity index (χ1n) is 5.77. The molecule has 0 spiro atoms. The normalized spacial score (nSPS) is 10.2.